The van der Waals surface area contributed by atoms with Gasteiger partial charge in [0.1, 0.15) is 0 Å². The van der Waals surface area contributed by atoms with Crippen LogP contribution in [-0.2, 0) is 0 Å². The molecule has 17 heavy (non-hydrogen) atoms. The van der Waals surface area contributed by atoms with Crippen molar-refractivity contribution in [2.24, 2.45) is 5.41 Å². The van der Waals surface area contributed by atoms with Crippen molar-refractivity contribution in [3.63, 3.8) is 0 Å². The number of benzene rings is 1. The van der Waals surface area contributed by atoms with E-state index >= 15 is 0 Å². The Hall–Kier alpha value is -0.340. The first-order chi connectivity index (χ1) is 7.79. The molecule has 1 unspecified atom stereocenters. The van der Waals surface area contributed by atoms with Crippen LogP contribution in [0.4, 0.5) is 0 Å². The van der Waals surface area contributed by atoms with Crippen LogP contribution in [0.5, 0.6) is 0 Å². The van der Waals surface area contributed by atoms with Gasteiger partial charge >= 0.3 is 0 Å². The molecule has 0 fully saturated rings. The monoisotopic (exact) mass is 298 g/mol. The molecule has 1 aromatic rings. The molecular formula is C15H23BrO. The van der Waals surface area contributed by atoms with Gasteiger partial charge in [-0.05, 0) is 48.4 Å². The Kier molecular flexibility index (Phi) is 5.21. The smallest absolute Gasteiger partial charge is 0.0792 e. The van der Waals surface area contributed by atoms with E-state index < -0.39 is 0 Å². The highest BCUT2D eigenvalue weighted by Crippen LogP contribution is 2.28. The highest BCUT2D eigenvalue weighted by Gasteiger charge is 2.14. The summed E-state index contributed by atoms with van der Waals surface area (Å²) in [5.41, 5.74) is 2.57. The average Bonchev–Trinajstić information content (AvgIpc) is 2.15. The third-order valence-electron chi connectivity index (χ3n) is 3.00. The second kappa shape index (κ2) is 6.01. The molecule has 2 heteroatoms. The Morgan fingerprint density at radius 3 is 2.47 bits per heavy atom. The zero-order valence-electron chi connectivity index (χ0n) is 11.3. The van der Waals surface area contributed by atoms with Crippen molar-refractivity contribution in [1.82, 2.24) is 0 Å². The van der Waals surface area contributed by atoms with Gasteiger partial charge in [0.05, 0.1) is 6.10 Å². The zero-order chi connectivity index (χ0) is 13.1. The number of rotatable bonds is 4. The minimum atomic E-state index is -0.328. The van der Waals surface area contributed by atoms with Gasteiger partial charge in [-0.1, -0.05) is 49.2 Å². The second-order valence-corrected chi connectivity index (χ2v) is 6.89. The average molecular weight is 299 g/mol. The van der Waals surface area contributed by atoms with Gasteiger partial charge in [0, 0.05) is 4.47 Å². The maximum atomic E-state index is 10.2. The molecule has 1 nitrogen and oxygen atoms in total. The number of aliphatic hydroxyl groups excluding tert-OH is 1. The maximum absolute atomic E-state index is 10.2. The molecule has 1 rings (SSSR count). The third kappa shape index (κ3) is 5.22. The van der Waals surface area contributed by atoms with Crippen molar-refractivity contribution in [1.29, 1.82) is 0 Å². The van der Waals surface area contributed by atoms with Crippen LogP contribution in [0.2, 0.25) is 0 Å². The first kappa shape index (κ1) is 14.7. The van der Waals surface area contributed by atoms with Crippen LogP contribution >= 0.6 is 15.9 Å². The van der Waals surface area contributed by atoms with Crippen LogP contribution in [0.3, 0.4) is 0 Å². The summed E-state index contributed by atoms with van der Waals surface area (Å²) in [4.78, 5) is 0. The fourth-order valence-electron chi connectivity index (χ4n) is 1.99. The molecule has 0 radical (unpaired) electrons. The summed E-state index contributed by atoms with van der Waals surface area (Å²) in [6.45, 7) is 8.77. The first-order valence-corrected chi connectivity index (χ1v) is 7.03. The SMILES string of the molecule is Cc1cc(Br)ccc1C(O)CCCC(C)(C)C. The zero-order valence-corrected chi connectivity index (χ0v) is 12.8. The van der Waals surface area contributed by atoms with Crippen molar-refractivity contribution in [3.05, 3.63) is 33.8 Å². The van der Waals surface area contributed by atoms with Gasteiger partial charge in [-0.3, -0.25) is 0 Å². The summed E-state index contributed by atoms with van der Waals surface area (Å²) in [7, 11) is 0. The largest absolute Gasteiger partial charge is 0.388 e. The van der Waals surface area contributed by atoms with Crippen LogP contribution in [0, 0.1) is 12.3 Å². The molecular weight excluding hydrogens is 276 g/mol. The molecule has 0 saturated heterocycles. The molecule has 0 bridgehead atoms. The van der Waals surface area contributed by atoms with E-state index in [-0.39, 0.29) is 6.10 Å². The molecule has 1 aromatic carbocycles. The van der Waals surface area contributed by atoms with Gasteiger partial charge in [-0.15, -0.1) is 0 Å². The summed E-state index contributed by atoms with van der Waals surface area (Å²) < 4.78 is 1.07. The van der Waals surface area contributed by atoms with Crippen molar-refractivity contribution in [3.8, 4) is 0 Å². The Labute approximate surface area is 113 Å². The van der Waals surface area contributed by atoms with Gasteiger partial charge in [0.15, 0.2) is 0 Å². The normalized spacial score (nSPS) is 13.8. The van der Waals surface area contributed by atoms with Crippen molar-refractivity contribution in [2.75, 3.05) is 0 Å². The quantitative estimate of drug-likeness (QED) is 0.828. The van der Waals surface area contributed by atoms with Crippen LogP contribution in [0.1, 0.15) is 57.3 Å². The predicted octanol–water partition coefficient (Wildman–Crippen LogP) is 5.01. The van der Waals surface area contributed by atoms with Gasteiger partial charge in [-0.2, -0.15) is 0 Å². The molecule has 1 N–H and O–H groups in total. The number of aliphatic hydroxyl groups is 1. The molecule has 0 spiro atoms. The summed E-state index contributed by atoms with van der Waals surface area (Å²) in [6.07, 6.45) is 2.74. The molecule has 0 aliphatic rings. The molecule has 96 valence electrons. The Bertz CT molecular complexity index is 366. The number of hydrogen-bond acceptors (Lipinski definition) is 1. The lowest BCUT2D eigenvalue weighted by Gasteiger charge is -2.20. The lowest BCUT2D eigenvalue weighted by Crippen LogP contribution is -2.06. The Morgan fingerprint density at radius 1 is 1.29 bits per heavy atom. The second-order valence-electron chi connectivity index (χ2n) is 5.97. The van der Waals surface area contributed by atoms with Crippen LogP contribution in [-0.4, -0.2) is 5.11 Å². The van der Waals surface area contributed by atoms with E-state index in [9.17, 15) is 5.11 Å². The lowest BCUT2D eigenvalue weighted by atomic mass is 9.88. The molecule has 0 aliphatic carbocycles. The van der Waals surface area contributed by atoms with E-state index in [1.54, 1.807) is 0 Å². The third-order valence-corrected chi connectivity index (χ3v) is 3.49. The van der Waals surface area contributed by atoms with Crippen molar-refractivity contribution in [2.45, 2.75) is 53.1 Å². The highest BCUT2D eigenvalue weighted by atomic mass is 79.9. The molecule has 0 saturated carbocycles. The van der Waals surface area contributed by atoms with Gasteiger partial charge in [0.25, 0.3) is 0 Å². The van der Waals surface area contributed by atoms with Crippen LogP contribution in [0.25, 0.3) is 0 Å². The maximum Gasteiger partial charge on any atom is 0.0792 e. The van der Waals surface area contributed by atoms with E-state index in [0.717, 1.165) is 34.9 Å². The van der Waals surface area contributed by atoms with E-state index in [2.05, 4.69) is 42.8 Å². The Balaban J connectivity index is 2.55. The van der Waals surface area contributed by atoms with Crippen LogP contribution in [0.15, 0.2) is 22.7 Å². The predicted molar refractivity (Wildman–Crippen MR) is 77.1 cm³/mol. The van der Waals surface area contributed by atoms with Gasteiger partial charge in [0.2, 0.25) is 0 Å². The Morgan fingerprint density at radius 2 is 1.94 bits per heavy atom. The lowest BCUT2D eigenvalue weighted by molar-refractivity contribution is 0.157. The molecule has 0 aromatic heterocycles. The van der Waals surface area contributed by atoms with E-state index in [1.807, 2.05) is 19.1 Å². The van der Waals surface area contributed by atoms with Gasteiger partial charge < -0.3 is 5.11 Å². The first-order valence-electron chi connectivity index (χ1n) is 6.24. The number of aryl methyl sites for hydroxylation is 1. The molecule has 0 heterocycles. The standard InChI is InChI=1S/C15H23BrO/c1-11-10-12(16)7-8-13(11)14(17)6-5-9-15(2,3)4/h7-8,10,14,17H,5-6,9H2,1-4H3. The molecule has 0 amide bonds. The summed E-state index contributed by atoms with van der Waals surface area (Å²) in [6, 6.07) is 6.07. The molecule has 0 aliphatic heterocycles. The van der Waals surface area contributed by atoms with Crippen molar-refractivity contribution < 1.29 is 5.11 Å². The highest BCUT2D eigenvalue weighted by molar-refractivity contribution is 9.10. The summed E-state index contributed by atoms with van der Waals surface area (Å²) in [5, 5.41) is 10.2. The van der Waals surface area contributed by atoms with E-state index in [1.165, 1.54) is 0 Å². The number of halogens is 1. The minimum Gasteiger partial charge on any atom is -0.388 e. The van der Waals surface area contributed by atoms with Gasteiger partial charge in [-0.25, -0.2) is 0 Å². The topological polar surface area (TPSA) is 20.2 Å². The van der Waals surface area contributed by atoms with E-state index in [0.29, 0.717) is 5.41 Å². The summed E-state index contributed by atoms with van der Waals surface area (Å²) in [5.74, 6) is 0. The fraction of sp³-hybridized carbons (Fsp3) is 0.600. The van der Waals surface area contributed by atoms with Crippen LogP contribution < -0.4 is 0 Å². The number of hydrogen-bond donors (Lipinski definition) is 1. The van der Waals surface area contributed by atoms with Crippen molar-refractivity contribution >= 4 is 15.9 Å². The molecule has 1 atom stereocenters. The minimum absolute atomic E-state index is 0.328. The fourth-order valence-corrected chi connectivity index (χ4v) is 2.47. The van der Waals surface area contributed by atoms with E-state index in [4.69, 9.17) is 0 Å². The summed E-state index contributed by atoms with van der Waals surface area (Å²) >= 11 is 3.44.